The first-order valence-corrected chi connectivity index (χ1v) is 8.66. The first kappa shape index (κ1) is 16.4. The van der Waals surface area contributed by atoms with Crippen molar-refractivity contribution in [1.82, 2.24) is 19.2 Å². The highest BCUT2D eigenvalue weighted by molar-refractivity contribution is 6.29. The number of nitro groups is 1. The van der Waals surface area contributed by atoms with Crippen LogP contribution in [0.5, 0.6) is 0 Å². The van der Waals surface area contributed by atoms with Crippen molar-refractivity contribution in [2.75, 3.05) is 0 Å². The van der Waals surface area contributed by atoms with Crippen LogP contribution in [0, 0.1) is 10.1 Å². The Morgan fingerprint density at radius 1 is 0.964 bits per heavy atom. The second kappa shape index (κ2) is 5.86. The van der Waals surface area contributed by atoms with Crippen LogP contribution in [0.2, 0.25) is 5.15 Å². The largest absolute Gasteiger partial charge is 0.269 e. The Kier molecular flexibility index (Phi) is 3.43. The van der Waals surface area contributed by atoms with Gasteiger partial charge in [-0.3, -0.25) is 19.5 Å². The van der Waals surface area contributed by atoms with E-state index in [2.05, 4.69) is 10.1 Å². The van der Waals surface area contributed by atoms with Gasteiger partial charge in [0.15, 0.2) is 11.3 Å². The Labute approximate surface area is 161 Å². The molecule has 5 rings (SSSR count). The number of pyridine rings is 1. The smallest absolute Gasteiger partial charge is 0.268 e. The van der Waals surface area contributed by atoms with Crippen molar-refractivity contribution in [3.8, 4) is 5.69 Å². The lowest BCUT2D eigenvalue weighted by Crippen LogP contribution is -2.20. The zero-order chi connectivity index (χ0) is 19.4. The maximum atomic E-state index is 13.3. The Morgan fingerprint density at radius 2 is 1.68 bits per heavy atom. The number of halogens is 1. The van der Waals surface area contributed by atoms with Crippen LogP contribution >= 0.6 is 11.6 Å². The lowest BCUT2D eigenvalue weighted by atomic mass is 10.1. The minimum Gasteiger partial charge on any atom is -0.268 e. The van der Waals surface area contributed by atoms with Gasteiger partial charge >= 0.3 is 0 Å². The fraction of sp³-hybridized carbons (Fsp3) is 0. The van der Waals surface area contributed by atoms with E-state index < -0.39 is 4.92 Å². The SMILES string of the molecule is O=c1c2ccccc2c2nc3ccc(Cl)nn3c2n1-c1ccc([N+](=O)[O-])cc1. The summed E-state index contributed by atoms with van der Waals surface area (Å²) in [5.74, 6) is 0. The summed E-state index contributed by atoms with van der Waals surface area (Å²) in [4.78, 5) is 28.4. The summed E-state index contributed by atoms with van der Waals surface area (Å²) in [5.41, 5.74) is 1.69. The molecule has 28 heavy (non-hydrogen) atoms. The number of aromatic nitrogens is 4. The summed E-state index contributed by atoms with van der Waals surface area (Å²) in [5, 5.41) is 16.7. The van der Waals surface area contributed by atoms with E-state index in [0.717, 1.165) is 0 Å². The molecule has 0 spiro atoms. The molecule has 0 fully saturated rings. The number of non-ortho nitro benzene ring substituents is 1. The Bertz CT molecular complexity index is 1470. The van der Waals surface area contributed by atoms with Gasteiger partial charge in [0, 0.05) is 22.9 Å². The van der Waals surface area contributed by atoms with Gasteiger partial charge in [0.25, 0.3) is 11.2 Å². The molecule has 9 heteroatoms. The molecule has 0 unspecified atom stereocenters. The Hall–Kier alpha value is -3.78. The second-order valence-corrected chi connectivity index (χ2v) is 6.56. The first-order chi connectivity index (χ1) is 13.5. The Morgan fingerprint density at radius 3 is 2.39 bits per heavy atom. The van der Waals surface area contributed by atoms with E-state index in [1.54, 1.807) is 24.3 Å². The Balaban J connectivity index is 1.99. The molecule has 0 amide bonds. The van der Waals surface area contributed by atoms with E-state index in [0.29, 0.717) is 33.3 Å². The van der Waals surface area contributed by atoms with Crippen molar-refractivity contribution in [2.24, 2.45) is 0 Å². The van der Waals surface area contributed by atoms with Crippen molar-refractivity contribution < 1.29 is 4.92 Å². The van der Waals surface area contributed by atoms with Crippen molar-refractivity contribution in [3.05, 3.63) is 86.3 Å². The van der Waals surface area contributed by atoms with Crippen LogP contribution in [0.4, 0.5) is 5.69 Å². The minimum atomic E-state index is -0.488. The molecular weight excluding hydrogens is 382 g/mol. The van der Waals surface area contributed by atoms with E-state index in [4.69, 9.17) is 11.6 Å². The average Bonchev–Trinajstić information content (AvgIpc) is 3.07. The van der Waals surface area contributed by atoms with Gasteiger partial charge < -0.3 is 0 Å². The monoisotopic (exact) mass is 391 g/mol. The average molecular weight is 392 g/mol. The molecule has 0 aliphatic heterocycles. The van der Waals surface area contributed by atoms with Crippen molar-refractivity contribution >= 4 is 44.9 Å². The van der Waals surface area contributed by atoms with Crippen LogP contribution in [0.15, 0.2) is 65.5 Å². The summed E-state index contributed by atoms with van der Waals surface area (Å²) >= 11 is 6.07. The number of fused-ring (bicyclic) bond motifs is 5. The summed E-state index contributed by atoms with van der Waals surface area (Å²) in [6.45, 7) is 0. The molecule has 5 aromatic rings. The maximum absolute atomic E-state index is 13.3. The molecule has 2 aromatic carbocycles. The van der Waals surface area contributed by atoms with Crippen LogP contribution in [0.1, 0.15) is 0 Å². The molecular formula is C19H10ClN5O3. The van der Waals surface area contributed by atoms with E-state index in [-0.39, 0.29) is 16.4 Å². The number of rotatable bonds is 2. The molecule has 0 bridgehead atoms. The zero-order valence-corrected chi connectivity index (χ0v) is 14.9. The number of hydrogen-bond acceptors (Lipinski definition) is 5. The fourth-order valence-corrected chi connectivity index (χ4v) is 3.47. The number of imidazole rings is 1. The zero-order valence-electron chi connectivity index (χ0n) is 14.1. The van der Waals surface area contributed by atoms with Crippen molar-refractivity contribution in [2.45, 2.75) is 0 Å². The topological polar surface area (TPSA) is 95.3 Å². The second-order valence-electron chi connectivity index (χ2n) is 6.17. The van der Waals surface area contributed by atoms with Crippen molar-refractivity contribution in [1.29, 1.82) is 0 Å². The predicted molar refractivity (Wildman–Crippen MR) is 105 cm³/mol. The highest BCUT2D eigenvalue weighted by atomic mass is 35.5. The van der Waals surface area contributed by atoms with Gasteiger partial charge in [0.1, 0.15) is 10.7 Å². The molecule has 8 nitrogen and oxygen atoms in total. The quantitative estimate of drug-likeness (QED) is 0.337. The molecule has 0 aliphatic carbocycles. The number of nitrogens with zero attached hydrogens (tertiary/aromatic N) is 5. The fourth-order valence-electron chi connectivity index (χ4n) is 3.34. The molecule has 0 N–H and O–H groups in total. The summed E-state index contributed by atoms with van der Waals surface area (Å²) in [6, 6.07) is 16.3. The van der Waals surface area contributed by atoms with Gasteiger partial charge in [-0.2, -0.15) is 9.61 Å². The van der Waals surface area contributed by atoms with E-state index in [1.165, 1.54) is 33.3 Å². The third kappa shape index (κ3) is 2.28. The maximum Gasteiger partial charge on any atom is 0.269 e. The number of hydrogen-bond donors (Lipinski definition) is 0. The van der Waals surface area contributed by atoms with Gasteiger partial charge in [-0.1, -0.05) is 29.8 Å². The lowest BCUT2D eigenvalue weighted by molar-refractivity contribution is -0.384. The van der Waals surface area contributed by atoms with Gasteiger partial charge in [-0.25, -0.2) is 4.98 Å². The van der Waals surface area contributed by atoms with Gasteiger partial charge in [0.05, 0.1) is 10.6 Å². The summed E-state index contributed by atoms with van der Waals surface area (Å²) in [7, 11) is 0. The molecule has 0 radical (unpaired) electrons. The molecule has 3 aromatic heterocycles. The summed E-state index contributed by atoms with van der Waals surface area (Å²) in [6.07, 6.45) is 0. The molecule has 0 saturated carbocycles. The van der Waals surface area contributed by atoms with E-state index in [9.17, 15) is 14.9 Å². The highest BCUT2D eigenvalue weighted by Crippen LogP contribution is 2.26. The third-order valence-electron chi connectivity index (χ3n) is 4.57. The van der Waals surface area contributed by atoms with Gasteiger partial charge in [0.2, 0.25) is 0 Å². The minimum absolute atomic E-state index is 0.0619. The van der Waals surface area contributed by atoms with Crippen molar-refractivity contribution in [3.63, 3.8) is 0 Å². The normalized spacial score (nSPS) is 11.5. The van der Waals surface area contributed by atoms with Gasteiger partial charge in [-0.05, 0) is 30.3 Å². The third-order valence-corrected chi connectivity index (χ3v) is 4.77. The number of nitro benzene ring substituents is 1. The highest BCUT2D eigenvalue weighted by Gasteiger charge is 2.19. The predicted octanol–water partition coefficient (Wildman–Crippen LogP) is 3.75. The molecule has 3 heterocycles. The van der Waals surface area contributed by atoms with Crippen LogP contribution in [-0.4, -0.2) is 24.1 Å². The molecule has 0 aliphatic rings. The van der Waals surface area contributed by atoms with Crippen LogP contribution in [-0.2, 0) is 0 Å². The standard InChI is InChI=1S/C19H10ClN5O3/c20-15-9-10-16-21-17-13-3-1-2-4-14(13)19(26)23(18(17)24(16)22-15)11-5-7-12(8-6-11)25(27)28/h1-10H. The lowest BCUT2D eigenvalue weighted by Gasteiger charge is -2.10. The van der Waals surface area contributed by atoms with Gasteiger partial charge in [-0.15, -0.1) is 0 Å². The summed E-state index contributed by atoms with van der Waals surface area (Å²) < 4.78 is 2.96. The molecule has 136 valence electrons. The van der Waals surface area contributed by atoms with Crippen LogP contribution in [0.3, 0.4) is 0 Å². The number of benzene rings is 2. The van der Waals surface area contributed by atoms with E-state index >= 15 is 0 Å². The van der Waals surface area contributed by atoms with E-state index in [1.807, 2.05) is 12.1 Å². The first-order valence-electron chi connectivity index (χ1n) is 8.28. The molecule has 0 atom stereocenters. The van der Waals surface area contributed by atoms with Crippen LogP contribution < -0.4 is 5.56 Å². The molecule has 0 saturated heterocycles. The van der Waals surface area contributed by atoms with Crippen LogP contribution in [0.25, 0.3) is 33.3 Å².